The van der Waals surface area contributed by atoms with E-state index >= 15 is 0 Å². The Balaban J connectivity index is 1.67. The van der Waals surface area contributed by atoms with Crippen molar-refractivity contribution >= 4 is 0 Å². The first-order chi connectivity index (χ1) is 6.18. The lowest BCUT2D eigenvalue weighted by molar-refractivity contribution is -0.0331. The molecule has 2 heteroatoms. The van der Waals surface area contributed by atoms with Gasteiger partial charge in [-0.15, -0.1) is 0 Å². The molecule has 2 fully saturated rings. The van der Waals surface area contributed by atoms with Crippen molar-refractivity contribution in [2.45, 2.75) is 57.1 Å². The Labute approximate surface area is 80.7 Å². The molecule has 0 aliphatic heterocycles. The lowest BCUT2D eigenvalue weighted by Gasteiger charge is -2.37. The lowest BCUT2D eigenvalue weighted by atomic mass is 9.80. The monoisotopic (exact) mass is 183 g/mol. The van der Waals surface area contributed by atoms with Crippen molar-refractivity contribution in [3.63, 3.8) is 0 Å². The second-order valence-corrected chi connectivity index (χ2v) is 5.07. The van der Waals surface area contributed by atoms with Crippen LogP contribution in [0, 0.1) is 5.92 Å². The third kappa shape index (κ3) is 2.23. The van der Waals surface area contributed by atoms with Crippen molar-refractivity contribution in [3.8, 4) is 0 Å². The highest BCUT2D eigenvalue weighted by Crippen LogP contribution is 2.32. The first-order valence-electron chi connectivity index (χ1n) is 5.64. The van der Waals surface area contributed by atoms with Crippen molar-refractivity contribution in [3.05, 3.63) is 0 Å². The first kappa shape index (κ1) is 9.47. The molecule has 2 N–H and O–H groups in total. The van der Waals surface area contributed by atoms with Crippen LogP contribution in [0.15, 0.2) is 0 Å². The zero-order valence-corrected chi connectivity index (χ0v) is 8.55. The molecule has 2 aliphatic carbocycles. The second kappa shape index (κ2) is 3.58. The van der Waals surface area contributed by atoms with Crippen LogP contribution in [-0.4, -0.2) is 23.3 Å². The Morgan fingerprint density at radius 1 is 1.38 bits per heavy atom. The van der Waals surface area contributed by atoms with Crippen molar-refractivity contribution in [2.75, 3.05) is 6.54 Å². The quantitative estimate of drug-likeness (QED) is 0.697. The molecule has 0 aromatic heterocycles. The normalized spacial score (nSPS) is 37.4. The van der Waals surface area contributed by atoms with E-state index in [9.17, 15) is 5.11 Å². The van der Waals surface area contributed by atoms with Gasteiger partial charge in [-0.3, -0.25) is 0 Å². The Hall–Kier alpha value is -0.0800. The average Bonchev–Trinajstić information content (AvgIpc) is 2.44. The summed E-state index contributed by atoms with van der Waals surface area (Å²) < 4.78 is 0. The molecule has 2 rings (SSSR count). The van der Waals surface area contributed by atoms with Gasteiger partial charge in [-0.05, 0) is 44.4 Å². The largest absolute Gasteiger partial charge is 0.389 e. The maximum atomic E-state index is 9.87. The Kier molecular flexibility index (Phi) is 2.61. The maximum Gasteiger partial charge on any atom is 0.0771 e. The van der Waals surface area contributed by atoms with Gasteiger partial charge < -0.3 is 10.4 Å². The van der Waals surface area contributed by atoms with E-state index in [1.807, 2.05) is 0 Å². The Morgan fingerprint density at radius 2 is 2.15 bits per heavy atom. The summed E-state index contributed by atoms with van der Waals surface area (Å²) in [5, 5.41) is 13.4. The molecule has 0 heterocycles. The second-order valence-electron chi connectivity index (χ2n) is 5.07. The van der Waals surface area contributed by atoms with E-state index in [1.54, 1.807) is 0 Å². The van der Waals surface area contributed by atoms with Crippen LogP contribution in [0.4, 0.5) is 0 Å². The van der Waals surface area contributed by atoms with Crippen molar-refractivity contribution in [1.82, 2.24) is 5.32 Å². The fourth-order valence-electron chi connectivity index (χ4n) is 2.49. The minimum atomic E-state index is -0.341. The molecule has 2 saturated carbocycles. The Bertz CT molecular complexity index is 177. The van der Waals surface area contributed by atoms with Gasteiger partial charge in [-0.2, -0.15) is 0 Å². The van der Waals surface area contributed by atoms with E-state index in [4.69, 9.17) is 0 Å². The summed E-state index contributed by atoms with van der Waals surface area (Å²) in [6, 6.07) is 0.680. The van der Waals surface area contributed by atoms with E-state index in [0.29, 0.717) is 6.04 Å². The summed E-state index contributed by atoms with van der Waals surface area (Å²) in [7, 11) is 0. The number of aliphatic hydroxyl groups is 1. The van der Waals surface area contributed by atoms with Crippen molar-refractivity contribution in [2.24, 2.45) is 5.92 Å². The van der Waals surface area contributed by atoms with Crippen molar-refractivity contribution < 1.29 is 5.11 Å². The fraction of sp³-hybridized carbons (Fsp3) is 1.00. The van der Waals surface area contributed by atoms with Gasteiger partial charge in [0.1, 0.15) is 0 Å². The number of hydrogen-bond donors (Lipinski definition) is 2. The van der Waals surface area contributed by atoms with Crippen LogP contribution >= 0.6 is 0 Å². The van der Waals surface area contributed by atoms with Gasteiger partial charge in [-0.1, -0.05) is 6.92 Å². The molecule has 0 radical (unpaired) electrons. The summed E-state index contributed by atoms with van der Waals surface area (Å²) in [6.07, 6.45) is 7.17. The van der Waals surface area contributed by atoms with Gasteiger partial charge >= 0.3 is 0 Å². The van der Waals surface area contributed by atoms with Crippen molar-refractivity contribution in [1.29, 1.82) is 0 Å². The third-order valence-electron chi connectivity index (χ3n) is 3.70. The minimum absolute atomic E-state index is 0.341. The van der Waals surface area contributed by atoms with Gasteiger partial charge in [-0.25, -0.2) is 0 Å². The predicted molar refractivity (Wildman–Crippen MR) is 53.6 cm³/mol. The number of hydrogen-bond acceptors (Lipinski definition) is 2. The lowest BCUT2D eigenvalue weighted by Crippen LogP contribution is -2.48. The number of rotatable bonds is 3. The molecule has 0 amide bonds. The molecule has 13 heavy (non-hydrogen) atoms. The zero-order valence-electron chi connectivity index (χ0n) is 8.55. The van der Waals surface area contributed by atoms with Crippen LogP contribution < -0.4 is 5.32 Å². The van der Waals surface area contributed by atoms with Gasteiger partial charge in [0.05, 0.1) is 5.60 Å². The van der Waals surface area contributed by atoms with E-state index in [1.165, 1.54) is 25.7 Å². The highest BCUT2D eigenvalue weighted by atomic mass is 16.3. The van der Waals surface area contributed by atoms with Crippen LogP contribution in [0.5, 0.6) is 0 Å². The topological polar surface area (TPSA) is 32.3 Å². The number of nitrogens with one attached hydrogen (secondary N) is 1. The van der Waals surface area contributed by atoms with E-state index in [-0.39, 0.29) is 5.60 Å². The maximum absolute atomic E-state index is 9.87. The SMILES string of the molecule is CC1CCC(NCC2(O)CCC2)C1. The fourth-order valence-corrected chi connectivity index (χ4v) is 2.49. The first-order valence-corrected chi connectivity index (χ1v) is 5.64. The molecule has 76 valence electrons. The van der Waals surface area contributed by atoms with Crippen LogP contribution in [0.2, 0.25) is 0 Å². The Morgan fingerprint density at radius 3 is 2.62 bits per heavy atom. The molecule has 0 saturated heterocycles. The van der Waals surface area contributed by atoms with Gasteiger partial charge in [0.15, 0.2) is 0 Å². The van der Waals surface area contributed by atoms with Gasteiger partial charge in [0.25, 0.3) is 0 Å². The average molecular weight is 183 g/mol. The molecule has 0 aromatic carbocycles. The summed E-state index contributed by atoms with van der Waals surface area (Å²) in [5.74, 6) is 0.883. The third-order valence-corrected chi connectivity index (χ3v) is 3.70. The van der Waals surface area contributed by atoms with Gasteiger partial charge in [0.2, 0.25) is 0 Å². The molecule has 0 bridgehead atoms. The summed E-state index contributed by atoms with van der Waals surface area (Å²) in [5.41, 5.74) is -0.341. The van der Waals surface area contributed by atoms with Crippen LogP contribution in [0.25, 0.3) is 0 Å². The molecular formula is C11H21NO. The van der Waals surface area contributed by atoms with Crippen LogP contribution in [0.1, 0.15) is 45.4 Å². The summed E-state index contributed by atoms with van der Waals surface area (Å²) >= 11 is 0. The van der Waals surface area contributed by atoms with Gasteiger partial charge in [0, 0.05) is 12.6 Å². The molecule has 2 aliphatic rings. The van der Waals surface area contributed by atoms with Crippen LogP contribution in [-0.2, 0) is 0 Å². The van der Waals surface area contributed by atoms with E-state index < -0.39 is 0 Å². The zero-order chi connectivity index (χ0) is 9.31. The smallest absolute Gasteiger partial charge is 0.0771 e. The minimum Gasteiger partial charge on any atom is -0.389 e. The highest BCUT2D eigenvalue weighted by Gasteiger charge is 2.35. The molecule has 0 spiro atoms. The molecule has 0 aromatic rings. The summed E-state index contributed by atoms with van der Waals surface area (Å²) in [4.78, 5) is 0. The molecule has 2 atom stereocenters. The highest BCUT2D eigenvalue weighted by molar-refractivity contribution is 4.91. The van der Waals surface area contributed by atoms with E-state index in [0.717, 1.165) is 25.3 Å². The summed E-state index contributed by atoms with van der Waals surface area (Å²) in [6.45, 7) is 3.14. The molecular weight excluding hydrogens is 162 g/mol. The molecule has 2 nitrogen and oxygen atoms in total. The predicted octanol–water partition coefficient (Wildman–Crippen LogP) is 1.68. The van der Waals surface area contributed by atoms with Crippen LogP contribution in [0.3, 0.4) is 0 Å². The molecule has 2 unspecified atom stereocenters. The standard InChI is InChI=1S/C11H21NO/c1-9-3-4-10(7-9)12-8-11(13)5-2-6-11/h9-10,12-13H,2-8H2,1H3. The van der Waals surface area contributed by atoms with E-state index in [2.05, 4.69) is 12.2 Å².